The molecule has 0 unspecified atom stereocenters. The summed E-state index contributed by atoms with van der Waals surface area (Å²) in [6.07, 6.45) is 1.72. The van der Waals surface area contributed by atoms with E-state index in [0.29, 0.717) is 13.1 Å². The van der Waals surface area contributed by atoms with E-state index in [4.69, 9.17) is 5.73 Å². The van der Waals surface area contributed by atoms with Crippen molar-refractivity contribution in [2.75, 3.05) is 6.54 Å². The van der Waals surface area contributed by atoms with Crippen LogP contribution in [0.3, 0.4) is 0 Å². The minimum absolute atomic E-state index is 0.233. The van der Waals surface area contributed by atoms with Crippen LogP contribution < -0.4 is 5.73 Å². The average molecular weight is 205 g/mol. The molecule has 0 radical (unpaired) electrons. The first-order valence-electron chi connectivity index (χ1n) is 4.79. The van der Waals surface area contributed by atoms with Crippen LogP contribution in [0.4, 0.5) is 4.39 Å². The third-order valence-electron chi connectivity index (χ3n) is 2.20. The van der Waals surface area contributed by atoms with Crippen LogP contribution in [-0.2, 0) is 6.54 Å². The van der Waals surface area contributed by atoms with Gasteiger partial charge in [0.25, 0.3) is 0 Å². The fraction of sp³-hybridized carbons (Fsp3) is 0.182. The van der Waals surface area contributed by atoms with Gasteiger partial charge >= 0.3 is 0 Å². The molecule has 2 N–H and O–H groups in total. The molecule has 0 saturated carbocycles. The molecule has 2 rings (SSSR count). The van der Waals surface area contributed by atoms with Crippen LogP contribution in [0.5, 0.6) is 0 Å². The van der Waals surface area contributed by atoms with Gasteiger partial charge in [0.2, 0.25) is 0 Å². The lowest BCUT2D eigenvalue weighted by molar-refractivity contribution is 0.625. The smallest absolute Gasteiger partial charge is 0.123 e. The molecule has 1 aromatic heterocycles. The van der Waals surface area contributed by atoms with E-state index in [9.17, 15) is 4.39 Å². The molecule has 1 heterocycles. The van der Waals surface area contributed by atoms with Crippen LogP contribution in [-0.4, -0.2) is 16.3 Å². The van der Waals surface area contributed by atoms with Gasteiger partial charge in [-0.1, -0.05) is 0 Å². The number of aromatic nitrogens is 2. The van der Waals surface area contributed by atoms with E-state index in [1.807, 2.05) is 10.7 Å². The molecule has 0 aliphatic heterocycles. The van der Waals surface area contributed by atoms with Gasteiger partial charge in [-0.25, -0.2) is 4.39 Å². The Balaban J connectivity index is 2.36. The zero-order chi connectivity index (χ0) is 10.7. The molecular formula is C11H12FN3. The predicted octanol–water partition coefficient (Wildman–Crippen LogP) is 1.65. The summed E-state index contributed by atoms with van der Waals surface area (Å²) < 4.78 is 14.5. The highest BCUT2D eigenvalue weighted by atomic mass is 19.1. The molecule has 1 aromatic carbocycles. The van der Waals surface area contributed by atoms with Gasteiger partial charge in [0.15, 0.2) is 0 Å². The van der Waals surface area contributed by atoms with Crippen molar-refractivity contribution in [3.8, 4) is 11.3 Å². The topological polar surface area (TPSA) is 43.8 Å². The van der Waals surface area contributed by atoms with Crippen molar-refractivity contribution in [3.05, 3.63) is 42.3 Å². The molecule has 3 nitrogen and oxygen atoms in total. The highest BCUT2D eigenvalue weighted by Crippen LogP contribution is 2.18. The Bertz CT molecular complexity index is 433. The van der Waals surface area contributed by atoms with Crippen LogP contribution in [0.2, 0.25) is 0 Å². The van der Waals surface area contributed by atoms with Gasteiger partial charge < -0.3 is 5.73 Å². The average Bonchev–Trinajstić information content (AvgIpc) is 2.68. The highest BCUT2D eigenvalue weighted by Gasteiger charge is 2.04. The SMILES string of the molecule is NCCn1nccc1-c1ccc(F)cc1. The van der Waals surface area contributed by atoms with Crippen LogP contribution >= 0.6 is 0 Å². The summed E-state index contributed by atoms with van der Waals surface area (Å²) in [5.74, 6) is -0.233. The zero-order valence-corrected chi connectivity index (χ0v) is 8.23. The fourth-order valence-corrected chi connectivity index (χ4v) is 1.50. The molecule has 2 aromatic rings. The van der Waals surface area contributed by atoms with Crippen molar-refractivity contribution < 1.29 is 4.39 Å². The molecule has 4 heteroatoms. The molecule has 0 fully saturated rings. The van der Waals surface area contributed by atoms with E-state index in [1.165, 1.54) is 12.1 Å². The van der Waals surface area contributed by atoms with Crippen LogP contribution in [0.15, 0.2) is 36.5 Å². The Morgan fingerprint density at radius 2 is 1.93 bits per heavy atom. The van der Waals surface area contributed by atoms with Gasteiger partial charge in [0.1, 0.15) is 5.82 Å². The summed E-state index contributed by atoms with van der Waals surface area (Å²) in [5.41, 5.74) is 7.38. The lowest BCUT2D eigenvalue weighted by Gasteiger charge is -2.05. The third-order valence-corrected chi connectivity index (χ3v) is 2.20. The lowest BCUT2D eigenvalue weighted by atomic mass is 10.1. The summed E-state index contributed by atoms with van der Waals surface area (Å²) in [6, 6.07) is 8.24. The summed E-state index contributed by atoms with van der Waals surface area (Å²) in [5, 5.41) is 4.15. The first kappa shape index (κ1) is 9.86. The molecule has 0 amide bonds. The Hall–Kier alpha value is -1.68. The first-order chi connectivity index (χ1) is 7.31. The summed E-state index contributed by atoms with van der Waals surface area (Å²) >= 11 is 0. The third kappa shape index (κ3) is 2.05. The number of nitrogens with zero attached hydrogens (tertiary/aromatic N) is 2. The maximum atomic E-state index is 12.7. The van der Waals surface area contributed by atoms with Crippen LogP contribution in [0.1, 0.15) is 0 Å². The van der Waals surface area contributed by atoms with Gasteiger partial charge in [0, 0.05) is 12.7 Å². The van der Waals surface area contributed by atoms with E-state index in [-0.39, 0.29) is 5.82 Å². The minimum Gasteiger partial charge on any atom is -0.329 e. The second kappa shape index (κ2) is 4.23. The predicted molar refractivity (Wildman–Crippen MR) is 56.7 cm³/mol. The number of benzene rings is 1. The van der Waals surface area contributed by atoms with Gasteiger partial charge in [-0.15, -0.1) is 0 Å². The molecule has 0 spiro atoms. The second-order valence-corrected chi connectivity index (χ2v) is 3.24. The lowest BCUT2D eigenvalue weighted by Crippen LogP contribution is -2.11. The molecular weight excluding hydrogens is 193 g/mol. The molecule has 15 heavy (non-hydrogen) atoms. The number of hydrogen-bond acceptors (Lipinski definition) is 2. The Kier molecular flexibility index (Phi) is 2.78. The van der Waals surface area contributed by atoms with Crippen molar-refractivity contribution in [2.45, 2.75) is 6.54 Å². The Labute approximate surface area is 87.3 Å². The standard InChI is InChI=1S/C11H12FN3/c12-10-3-1-9(2-4-10)11-5-7-14-15(11)8-6-13/h1-5,7H,6,8,13H2. The summed E-state index contributed by atoms with van der Waals surface area (Å²) in [6.45, 7) is 1.20. The fourth-order valence-electron chi connectivity index (χ4n) is 1.50. The number of rotatable bonds is 3. The zero-order valence-electron chi connectivity index (χ0n) is 8.23. The van der Waals surface area contributed by atoms with Gasteiger partial charge in [0.05, 0.1) is 12.2 Å². The normalized spacial score (nSPS) is 10.5. The summed E-state index contributed by atoms with van der Waals surface area (Å²) in [4.78, 5) is 0. The molecule has 0 saturated heterocycles. The number of nitrogens with two attached hydrogens (primary N) is 1. The van der Waals surface area contributed by atoms with Gasteiger partial charge in [-0.2, -0.15) is 5.10 Å². The molecule has 0 aliphatic rings. The molecule has 78 valence electrons. The van der Waals surface area contributed by atoms with Crippen molar-refractivity contribution in [3.63, 3.8) is 0 Å². The Morgan fingerprint density at radius 1 is 1.20 bits per heavy atom. The summed E-state index contributed by atoms with van der Waals surface area (Å²) in [7, 11) is 0. The van der Waals surface area contributed by atoms with Gasteiger partial charge in [-0.3, -0.25) is 4.68 Å². The largest absolute Gasteiger partial charge is 0.329 e. The van der Waals surface area contributed by atoms with Crippen LogP contribution in [0, 0.1) is 5.82 Å². The molecule has 0 aliphatic carbocycles. The maximum Gasteiger partial charge on any atom is 0.123 e. The van der Waals surface area contributed by atoms with E-state index in [0.717, 1.165) is 11.3 Å². The van der Waals surface area contributed by atoms with E-state index >= 15 is 0 Å². The first-order valence-corrected chi connectivity index (χ1v) is 4.79. The highest BCUT2D eigenvalue weighted by molar-refractivity contribution is 5.58. The quantitative estimate of drug-likeness (QED) is 0.828. The van der Waals surface area contributed by atoms with Crippen LogP contribution in [0.25, 0.3) is 11.3 Å². The van der Waals surface area contributed by atoms with Crippen molar-refractivity contribution in [1.82, 2.24) is 9.78 Å². The second-order valence-electron chi connectivity index (χ2n) is 3.24. The van der Waals surface area contributed by atoms with E-state index in [2.05, 4.69) is 5.10 Å². The van der Waals surface area contributed by atoms with Crippen molar-refractivity contribution in [1.29, 1.82) is 0 Å². The maximum absolute atomic E-state index is 12.7. The van der Waals surface area contributed by atoms with E-state index < -0.39 is 0 Å². The molecule has 0 bridgehead atoms. The number of halogens is 1. The monoisotopic (exact) mass is 205 g/mol. The van der Waals surface area contributed by atoms with E-state index in [1.54, 1.807) is 18.3 Å². The van der Waals surface area contributed by atoms with Crippen molar-refractivity contribution >= 4 is 0 Å². The Morgan fingerprint density at radius 3 is 2.60 bits per heavy atom. The van der Waals surface area contributed by atoms with Gasteiger partial charge in [-0.05, 0) is 35.9 Å². The minimum atomic E-state index is -0.233. The number of hydrogen-bond donors (Lipinski definition) is 1. The molecule has 0 atom stereocenters. The van der Waals surface area contributed by atoms with Crippen molar-refractivity contribution in [2.24, 2.45) is 5.73 Å².